The van der Waals surface area contributed by atoms with E-state index < -0.39 is 21.8 Å². The highest BCUT2D eigenvalue weighted by atomic mass is 32.2. The zero-order valence-corrected chi connectivity index (χ0v) is 12.6. The van der Waals surface area contributed by atoms with E-state index >= 15 is 0 Å². The summed E-state index contributed by atoms with van der Waals surface area (Å²) in [5.41, 5.74) is 0. The van der Waals surface area contributed by atoms with Crippen molar-refractivity contribution in [2.24, 2.45) is 0 Å². The molecule has 3 atom stereocenters. The van der Waals surface area contributed by atoms with Gasteiger partial charge in [-0.05, 0) is 25.7 Å². The van der Waals surface area contributed by atoms with Gasteiger partial charge in [-0.15, -0.1) is 0 Å². The van der Waals surface area contributed by atoms with Crippen LogP contribution >= 0.6 is 0 Å². The molecule has 20 heavy (non-hydrogen) atoms. The first-order valence-electron chi connectivity index (χ1n) is 7.12. The molecule has 116 valence electrons. The second kappa shape index (κ2) is 6.41. The molecule has 6 nitrogen and oxygen atoms in total. The smallest absolute Gasteiger partial charge is 0.304 e. The lowest BCUT2D eigenvalue weighted by Crippen LogP contribution is -2.55. The molecule has 2 fully saturated rings. The van der Waals surface area contributed by atoms with Gasteiger partial charge in [0.05, 0.1) is 24.0 Å². The topological polar surface area (TPSA) is 83.9 Å². The monoisotopic (exact) mass is 305 g/mol. The van der Waals surface area contributed by atoms with Crippen molar-refractivity contribution in [2.45, 2.75) is 50.3 Å². The van der Waals surface area contributed by atoms with Gasteiger partial charge in [0.2, 0.25) is 0 Å². The van der Waals surface area contributed by atoms with Gasteiger partial charge in [-0.3, -0.25) is 9.69 Å². The normalized spacial score (nSPS) is 34.8. The molecular formula is C13H23NO5S. The van der Waals surface area contributed by atoms with Crippen molar-refractivity contribution in [3.05, 3.63) is 0 Å². The van der Waals surface area contributed by atoms with Crippen molar-refractivity contribution in [3.8, 4) is 0 Å². The van der Waals surface area contributed by atoms with E-state index in [9.17, 15) is 13.2 Å². The Labute approximate surface area is 120 Å². The summed E-state index contributed by atoms with van der Waals surface area (Å²) in [6, 6.07) is -0.152. The molecule has 1 aliphatic heterocycles. The van der Waals surface area contributed by atoms with Gasteiger partial charge in [0.15, 0.2) is 9.84 Å². The fourth-order valence-electron chi connectivity index (χ4n) is 3.39. The molecule has 1 N–H and O–H groups in total. The molecule has 0 spiro atoms. The highest BCUT2D eigenvalue weighted by Crippen LogP contribution is 2.29. The number of rotatable bonds is 4. The quantitative estimate of drug-likeness (QED) is 0.815. The minimum Gasteiger partial charge on any atom is -0.481 e. The van der Waals surface area contributed by atoms with Crippen LogP contribution in [0.4, 0.5) is 0 Å². The van der Waals surface area contributed by atoms with Crippen molar-refractivity contribution >= 4 is 15.8 Å². The van der Waals surface area contributed by atoms with Crippen molar-refractivity contribution in [2.75, 3.05) is 25.2 Å². The molecule has 0 aromatic heterocycles. The van der Waals surface area contributed by atoms with E-state index in [0.29, 0.717) is 6.54 Å². The average molecular weight is 305 g/mol. The van der Waals surface area contributed by atoms with Crippen molar-refractivity contribution in [3.63, 3.8) is 0 Å². The van der Waals surface area contributed by atoms with Crippen LogP contribution in [0.25, 0.3) is 0 Å². The van der Waals surface area contributed by atoms with Gasteiger partial charge < -0.3 is 9.84 Å². The molecule has 0 amide bonds. The van der Waals surface area contributed by atoms with E-state index in [2.05, 4.69) is 4.90 Å². The van der Waals surface area contributed by atoms with Crippen LogP contribution in [-0.4, -0.2) is 67.7 Å². The standard InChI is InChI=1S/C13H23NO5S/c1-19-12-4-2-3-10(7-12)14-5-6-20(17,18)9-11(14)8-13(15)16/h10-12H,2-9H2,1H3,(H,15,16). The summed E-state index contributed by atoms with van der Waals surface area (Å²) in [6.45, 7) is 0.446. The number of carbonyl (C=O) groups is 1. The molecule has 7 heteroatoms. The Bertz CT molecular complexity index is 450. The number of ether oxygens (including phenoxy) is 1. The van der Waals surface area contributed by atoms with Gasteiger partial charge >= 0.3 is 5.97 Å². The molecule has 0 aromatic rings. The van der Waals surface area contributed by atoms with Gasteiger partial charge in [0, 0.05) is 25.7 Å². The predicted octanol–water partition coefficient (Wildman–Crippen LogP) is 0.518. The number of carboxylic acid groups (broad SMARTS) is 1. The summed E-state index contributed by atoms with van der Waals surface area (Å²) >= 11 is 0. The largest absolute Gasteiger partial charge is 0.481 e. The molecule has 1 saturated carbocycles. The van der Waals surface area contributed by atoms with Crippen LogP contribution in [0.2, 0.25) is 0 Å². The molecule has 2 rings (SSSR count). The first-order valence-corrected chi connectivity index (χ1v) is 8.94. The predicted molar refractivity (Wildman–Crippen MR) is 74.5 cm³/mol. The number of hydrogen-bond donors (Lipinski definition) is 1. The first-order chi connectivity index (χ1) is 9.41. The van der Waals surface area contributed by atoms with E-state index in [1.54, 1.807) is 7.11 Å². The Morgan fingerprint density at radius 3 is 2.80 bits per heavy atom. The lowest BCUT2D eigenvalue weighted by Gasteiger charge is -2.43. The van der Waals surface area contributed by atoms with Gasteiger partial charge in [-0.2, -0.15) is 0 Å². The second-order valence-electron chi connectivity index (χ2n) is 5.78. The SMILES string of the molecule is COC1CCCC(N2CCS(=O)(=O)CC2CC(=O)O)C1. The number of methoxy groups -OCH3 is 1. The summed E-state index contributed by atoms with van der Waals surface area (Å²) < 4.78 is 28.9. The van der Waals surface area contributed by atoms with Gasteiger partial charge in [-0.1, -0.05) is 0 Å². The number of nitrogens with zero attached hydrogens (tertiary/aromatic N) is 1. The Kier molecular flexibility index (Phi) is 5.04. The second-order valence-corrected chi connectivity index (χ2v) is 8.01. The average Bonchev–Trinajstić information content (AvgIpc) is 2.37. The number of sulfone groups is 1. The molecule has 1 saturated heterocycles. The lowest BCUT2D eigenvalue weighted by molar-refractivity contribution is -0.138. The Morgan fingerprint density at radius 1 is 1.40 bits per heavy atom. The van der Waals surface area contributed by atoms with E-state index in [1.807, 2.05) is 0 Å². The minimum absolute atomic E-state index is 0.0343. The number of aliphatic carboxylic acids is 1. The Morgan fingerprint density at radius 2 is 2.15 bits per heavy atom. The van der Waals surface area contributed by atoms with Crippen LogP contribution in [0.15, 0.2) is 0 Å². The molecule has 0 bridgehead atoms. The van der Waals surface area contributed by atoms with E-state index in [-0.39, 0.29) is 30.1 Å². The molecule has 0 aromatic carbocycles. The van der Waals surface area contributed by atoms with Gasteiger partial charge in [-0.25, -0.2) is 8.42 Å². The summed E-state index contributed by atoms with van der Waals surface area (Å²) in [5, 5.41) is 9.00. The summed E-state index contributed by atoms with van der Waals surface area (Å²) in [5.74, 6) is -0.832. The van der Waals surface area contributed by atoms with E-state index in [1.165, 1.54) is 0 Å². The fraction of sp³-hybridized carbons (Fsp3) is 0.923. The maximum atomic E-state index is 11.7. The highest BCUT2D eigenvalue weighted by molar-refractivity contribution is 7.91. The minimum atomic E-state index is -3.10. The van der Waals surface area contributed by atoms with Crippen LogP contribution in [0.5, 0.6) is 0 Å². The zero-order chi connectivity index (χ0) is 14.8. The van der Waals surface area contributed by atoms with Crippen LogP contribution in [0, 0.1) is 0 Å². The molecule has 3 unspecified atom stereocenters. The van der Waals surface area contributed by atoms with Gasteiger partial charge in [0.1, 0.15) is 0 Å². The Balaban J connectivity index is 2.09. The van der Waals surface area contributed by atoms with Crippen LogP contribution in [0.1, 0.15) is 32.1 Å². The third-order valence-corrected chi connectivity index (χ3v) is 6.08. The van der Waals surface area contributed by atoms with Crippen molar-refractivity contribution in [1.82, 2.24) is 4.90 Å². The summed E-state index contributed by atoms with van der Waals surface area (Å²) in [7, 11) is -1.41. The zero-order valence-electron chi connectivity index (χ0n) is 11.8. The fourth-order valence-corrected chi connectivity index (χ4v) is 4.94. The van der Waals surface area contributed by atoms with E-state index in [0.717, 1.165) is 25.7 Å². The van der Waals surface area contributed by atoms with Crippen molar-refractivity contribution in [1.29, 1.82) is 0 Å². The van der Waals surface area contributed by atoms with Crippen LogP contribution in [-0.2, 0) is 19.4 Å². The molecular weight excluding hydrogens is 282 g/mol. The number of hydrogen-bond acceptors (Lipinski definition) is 5. The first kappa shape index (κ1) is 15.7. The molecule has 2 aliphatic rings. The maximum absolute atomic E-state index is 11.7. The number of carboxylic acids is 1. The molecule has 0 radical (unpaired) electrons. The third kappa shape index (κ3) is 3.93. The van der Waals surface area contributed by atoms with Crippen LogP contribution in [0.3, 0.4) is 0 Å². The lowest BCUT2D eigenvalue weighted by atomic mass is 9.90. The third-order valence-electron chi connectivity index (χ3n) is 4.39. The van der Waals surface area contributed by atoms with Gasteiger partial charge in [0.25, 0.3) is 0 Å². The Hall–Kier alpha value is -0.660. The summed E-state index contributed by atoms with van der Waals surface area (Å²) in [4.78, 5) is 13.1. The molecule has 1 heterocycles. The highest BCUT2D eigenvalue weighted by Gasteiger charge is 2.38. The maximum Gasteiger partial charge on any atom is 0.304 e. The summed E-state index contributed by atoms with van der Waals surface area (Å²) in [6.07, 6.45) is 4.04. The van der Waals surface area contributed by atoms with Crippen molar-refractivity contribution < 1.29 is 23.1 Å². The van der Waals surface area contributed by atoms with E-state index in [4.69, 9.17) is 9.84 Å². The molecule has 1 aliphatic carbocycles. The van der Waals surface area contributed by atoms with Crippen LogP contribution < -0.4 is 0 Å².